The van der Waals surface area contributed by atoms with Crippen molar-refractivity contribution < 1.29 is 114 Å². The molecule has 0 aromatic rings. The second-order valence-corrected chi connectivity index (χ2v) is 25.3. The van der Waals surface area contributed by atoms with Crippen LogP contribution < -0.4 is 0 Å². The van der Waals surface area contributed by atoms with E-state index in [1.165, 1.54) is 6.92 Å². The highest BCUT2D eigenvalue weighted by Gasteiger charge is 2.76. The van der Waals surface area contributed by atoms with Gasteiger partial charge in [-0.1, -0.05) is 66.2 Å². The van der Waals surface area contributed by atoms with Gasteiger partial charge >= 0.3 is 17.9 Å². The highest BCUT2D eigenvalue weighted by atomic mass is 16.8. The number of carbonyl (C=O) groups excluding carboxylic acids is 2. The molecule has 7 fully saturated rings. The van der Waals surface area contributed by atoms with E-state index in [-0.39, 0.29) is 11.8 Å². The molecule has 4 saturated carbocycles. The van der Waals surface area contributed by atoms with Gasteiger partial charge in [-0.05, 0) is 86.4 Å². The highest BCUT2D eigenvalue weighted by molar-refractivity contribution is 5.87. The van der Waals surface area contributed by atoms with E-state index < -0.39 is 193 Å². The molecule has 0 radical (unpaired) electrons. The molecule has 77 heavy (non-hydrogen) atoms. The summed E-state index contributed by atoms with van der Waals surface area (Å²) in [7, 11) is 0. The zero-order chi connectivity index (χ0) is 57.0. The third-order valence-electron chi connectivity index (χ3n) is 20.6. The maximum Gasteiger partial charge on any atom is 0.335 e. The summed E-state index contributed by atoms with van der Waals surface area (Å²) in [6.07, 6.45) is -25.7. The topological polar surface area (TPSA) is 368 Å². The predicted octanol–water partition coefficient (Wildman–Crippen LogP) is -0.684. The number of carbonyl (C=O) groups is 3. The van der Waals surface area contributed by atoms with E-state index in [0.29, 0.717) is 44.1 Å². The Kier molecular flexibility index (Phi) is 16.8. The fourth-order valence-corrected chi connectivity index (χ4v) is 16.0. The molecule has 438 valence electrons. The molecular weight excluding hydrogens is 1020 g/mol. The minimum Gasteiger partial charge on any atom is -0.479 e. The van der Waals surface area contributed by atoms with Gasteiger partial charge in [0.15, 0.2) is 31.1 Å². The van der Waals surface area contributed by atoms with Crippen molar-refractivity contribution in [1.29, 1.82) is 0 Å². The molecule has 0 bridgehead atoms. The molecule has 23 nitrogen and oxygen atoms in total. The van der Waals surface area contributed by atoms with Gasteiger partial charge in [-0.3, -0.25) is 4.79 Å². The Hall–Kier alpha value is -2.79. The van der Waals surface area contributed by atoms with Gasteiger partial charge in [0.05, 0.1) is 43.5 Å². The first-order valence-corrected chi connectivity index (χ1v) is 27.0. The van der Waals surface area contributed by atoms with Crippen LogP contribution in [0.15, 0.2) is 23.3 Å². The van der Waals surface area contributed by atoms with E-state index in [2.05, 4.69) is 19.9 Å². The van der Waals surface area contributed by atoms with Gasteiger partial charge in [0.1, 0.15) is 67.1 Å². The zero-order valence-corrected chi connectivity index (χ0v) is 45.6. The standard InChI is InChI=1S/C54H84O23/c1-11-22(2)45(69)77-42-43(71-23(3)57)54(21-56)25(18-49(42,4)5)24-12-13-29-51(8)16-15-30(50(6,7)28(51)14-17-52(29,9)53(24,10)40(65)41(54)66)73-48-39(76-47-35(63)33(61)32(60)27(19-55)72-47)37(36(64)38(75-48)44(67)68)74-46-34(62)31(59)26(58)20-70-46/h11-12,25-43,46-48,55-56,58-66H,13-21H2,1-10H3,(H,67,68)/b22-11+/t25-,26+,27+,28-,29+,30-,31-,32+,33-,34+,35+,36-,37-,38-,39+,40-,41+,42-,43-,46-,47-,48+,51-,52+,53-,54-/m0/s1. The molecule has 8 aliphatic rings. The summed E-state index contributed by atoms with van der Waals surface area (Å²) in [4.78, 5) is 39.3. The number of carboxylic acid groups (broad SMARTS) is 1. The average molecular weight is 1100 g/mol. The average Bonchev–Trinajstić information content (AvgIpc) is 3.40. The van der Waals surface area contributed by atoms with E-state index in [1.54, 1.807) is 19.9 Å². The summed E-state index contributed by atoms with van der Waals surface area (Å²) in [6.45, 7) is 16.6. The maximum atomic E-state index is 13.4. The third kappa shape index (κ3) is 9.45. The van der Waals surface area contributed by atoms with E-state index >= 15 is 0 Å². The minimum absolute atomic E-state index is 0.141. The molecule has 0 amide bonds. The van der Waals surface area contributed by atoms with Crippen molar-refractivity contribution >= 4 is 17.9 Å². The first-order chi connectivity index (χ1) is 35.8. The number of carboxylic acids is 1. The van der Waals surface area contributed by atoms with Crippen molar-refractivity contribution in [3.05, 3.63) is 23.3 Å². The van der Waals surface area contributed by atoms with Crippen LogP contribution in [0.1, 0.15) is 108 Å². The fraction of sp³-hybridized carbons (Fsp3) is 0.870. The fourth-order valence-electron chi connectivity index (χ4n) is 16.0. The molecule has 0 spiro atoms. The van der Waals surface area contributed by atoms with Crippen LogP contribution in [0.5, 0.6) is 0 Å². The first kappa shape index (κ1) is 60.3. The van der Waals surface area contributed by atoms with Crippen molar-refractivity contribution in [2.45, 2.75) is 224 Å². The maximum absolute atomic E-state index is 13.4. The number of ether oxygens (including phenoxy) is 8. The predicted molar refractivity (Wildman–Crippen MR) is 263 cm³/mol. The Bertz CT molecular complexity index is 2250. The summed E-state index contributed by atoms with van der Waals surface area (Å²) in [6, 6.07) is 0. The minimum atomic E-state index is -2.12. The SMILES string of the molecule is C/C=C(\C)C(=O)O[C@H]1[C@H](OC(C)=O)[C@]2(CO)[C@H](O)[C@H](O)[C@]3(C)C(=CC[C@@H]4[C@@]5(C)CC[C@H](O[C@@H]6O[C@H](C(=O)O)[C@@H](O)[C@H](O[C@@H]7OC[C@@H](O)[C@H](O)[C@H]7O)[C@H]6O[C@@H]6O[C@H](CO)[C@@H](O)[C@H](O)[C@H]6O)C(C)(C)[C@@H]5CC[C@]43C)[C@@H]2CC1(C)C. The van der Waals surface area contributed by atoms with E-state index in [4.69, 9.17) is 37.9 Å². The number of hydrogen-bond donors (Lipinski definition) is 12. The van der Waals surface area contributed by atoms with E-state index in [0.717, 1.165) is 5.57 Å². The van der Waals surface area contributed by atoms with Gasteiger partial charge in [-0.25, -0.2) is 9.59 Å². The number of rotatable bonds is 12. The lowest BCUT2D eigenvalue weighted by molar-refractivity contribution is -0.392. The second kappa shape index (κ2) is 21.5. The molecule has 12 N–H and O–H groups in total. The number of aliphatic hydroxyl groups excluding tert-OH is 11. The largest absolute Gasteiger partial charge is 0.479 e. The van der Waals surface area contributed by atoms with Gasteiger partial charge in [0, 0.05) is 23.3 Å². The van der Waals surface area contributed by atoms with Crippen LogP contribution >= 0.6 is 0 Å². The Morgan fingerprint density at radius 1 is 0.714 bits per heavy atom. The Morgan fingerprint density at radius 3 is 1.97 bits per heavy atom. The molecule has 26 atom stereocenters. The normalized spacial score (nSPS) is 50.4. The van der Waals surface area contributed by atoms with Crippen LogP contribution in [-0.2, 0) is 52.3 Å². The van der Waals surface area contributed by atoms with Gasteiger partial charge in [-0.2, -0.15) is 0 Å². The zero-order valence-electron chi connectivity index (χ0n) is 45.6. The first-order valence-electron chi connectivity index (χ1n) is 27.0. The number of aliphatic hydroxyl groups is 11. The van der Waals surface area contributed by atoms with Crippen molar-refractivity contribution in [2.75, 3.05) is 19.8 Å². The summed E-state index contributed by atoms with van der Waals surface area (Å²) in [5.41, 5.74) is -4.51. The molecule has 3 heterocycles. The van der Waals surface area contributed by atoms with Crippen LogP contribution in [0.2, 0.25) is 0 Å². The lowest BCUT2D eigenvalue weighted by atomic mass is 9.32. The van der Waals surface area contributed by atoms with E-state index in [1.807, 2.05) is 34.6 Å². The van der Waals surface area contributed by atoms with Crippen LogP contribution in [0.3, 0.4) is 0 Å². The molecule has 23 heteroatoms. The second-order valence-electron chi connectivity index (χ2n) is 25.3. The number of allylic oxidation sites excluding steroid dienone is 2. The van der Waals surface area contributed by atoms with Crippen molar-refractivity contribution in [3.63, 3.8) is 0 Å². The molecule has 5 aliphatic carbocycles. The summed E-state index contributed by atoms with van der Waals surface area (Å²) >= 11 is 0. The lowest BCUT2D eigenvalue weighted by Gasteiger charge is -2.73. The van der Waals surface area contributed by atoms with Crippen LogP contribution in [0.25, 0.3) is 0 Å². The number of esters is 2. The van der Waals surface area contributed by atoms with Crippen molar-refractivity contribution in [1.82, 2.24) is 0 Å². The van der Waals surface area contributed by atoms with Crippen LogP contribution in [-0.4, -0.2) is 216 Å². The molecule has 0 unspecified atom stereocenters. The highest BCUT2D eigenvalue weighted by Crippen LogP contribution is 2.76. The molecular formula is C54H84O23. The summed E-state index contributed by atoms with van der Waals surface area (Å²) in [5.74, 6) is -3.95. The Morgan fingerprint density at radius 2 is 1.36 bits per heavy atom. The van der Waals surface area contributed by atoms with E-state index in [9.17, 15) is 75.7 Å². The van der Waals surface area contributed by atoms with Crippen LogP contribution in [0, 0.1) is 50.2 Å². The van der Waals surface area contributed by atoms with Crippen LogP contribution in [0.4, 0.5) is 0 Å². The molecule has 0 aromatic carbocycles. The van der Waals surface area contributed by atoms with Gasteiger partial charge < -0.3 is 99.2 Å². The number of aliphatic carboxylic acids is 1. The Labute approximate surface area is 448 Å². The number of hydrogen-bond acceptors (Lipinski definition) is 22. The number of fused-ring (bicyclic) bond motifs is 7. The smallest absolute Gasteiger partial charge is 0.335 e. The van der Waals surface area contributed by atoms with Crippen molar-refractivity contribution in [2.24, 2.45) is 50.2 Å². The molecule has 8 rings (SSSR count). The quantitative estimate of drug-likeness (QED) is 0.0498. The lowest BCUT2D eigenvalue weighted by Crippen LogP contribution is -2.76. The van der Waals surface area contributed by atoms with Gasteiger partial charge in [-0.15, -0.1) is 0 Å². The van der Waals surface area contributed by atoms with Gasteiger partial charge in [0.2, 0.25) is 0 Å². The molecule has 0 aromatic heterocycles. The monoisotopic (exact) mass is 1100 g/mol. The summed E-state index contributed by atoms with van der Waals surface area (Å²) in [5, 5.41) is 134. The molecule has 3 saturated heterocycles. The third-order valence-corrected chi connectivity index (χ3v) is 20.6. The van der Waals surface area contributed by atoms with Gasteiger partial charge in [0.25, 0.3) is 0 Å². The van der Waals surface area contributed by atoms with Crippen molar-refractivity contribution in [3.8, 4) is 0 Å². The summed E-state index contributed by atoms with van der Waals surface area (Å²) < 4.78 is 48.5. The molecule has 3 aliphatic heterocycles. The Balaban J connectivity index is 1.13.